The summed E-state index contributed by atoms with van der Waals surface area (Å²) in [6.07, 6.45) is 0. The monoisotopic (exact) mass is 468 g/mol. The smallest absolute Gasteiger partial charge is 0.234 e. The Morgan fingerprint density at radius 2 is 1.74 bits per heavy atom. The predicted molar refractivity (Wildman–Crippen MR) is 127 cm³/mol. The number of aromatic nitrogens is 3. The number of benzene rings is 3. The van der Waals surface area contributed by atoms with Crippen LogP contribution >= 0.6 is 35.0 Å². The van der Waals surface area contributed by atoms with Crippen molar-refractivity contribution in [1.29, 1.82) is 0 Å². The molecule has 0 saturated carbocycles. The van der Waals surface area contributed by atoms with Crippen LogP contribution in [0.5, 0.6) is 0 Å². The number of rotatable bonds is 6. The molecule has 0 aliphatic heterocycles. The highest BCUT2D eigenvalue weighted by Gasteiger charge is 2.17. The van der Waals surface area contributed by atoms with Crippen LogP contribution in [0.15, 0.2) is 78.0 Å². The van der Waals surface area contributed by atoms with E-state index in [1.54, 1.807) is 24.3 Å². The summed E-state index contributed by atoms with van der Waals surface area (Å²) >= 11 is 13.3. The van der Waals surface area contributed by atoms with Crippen molar-refractivity contribution in [3.8, 4) is 17.1 Å². The van der Waals surface area contributed by atoms with E-state index in [9.17, 15) is 4.79 Å². The Bertz CT molecular complexity index is 1220. The lowest BCUT2D eigenvalue weighted by Crippen LogP contribution is -2.14. The molecule has 0 radical (unpaired) electrons. The number of carbonyl (C=O) groups excluding carboxylic acids is 1. The fourth-order valence-electron chi connectivity index (χ4n) is 3.04. The van der Waals surface area contributed by atoms with Gasteiger partial charge in [0.2, 0.25) is 5.91 Å². The summed E-state index contributed by atoms with van der Waals surface area (Å²) in [7, 11) is 0. The third kappa shape index (κ3) is 5.28. The number of thioether (sulfide) groups is 1. The van der Waals surface area contributed by atoms with Gasteiger partial charge in [0.1, 0.15) is 0 Å². The Balaban J connectivity index is 1.61. The minimum atomic E-state index is -0.154. The first kappa shape index (κ1) is 21.4. The van der Waals surface area contributed by atoms with E-state index < -0.39 is 0 Å². The number of hydrogen-bond donors (Lipinski definition) is 1. The molecule has 4 aromatic rings. The number of amides is 1. The summed E-state index contributed by atoms with van der Waals surface area (Å²) in [5, 5.41) is 13.4. The van der Waals surface area contributed by atoms with E-state index in [1.807, 2.05) is 54.0 Å². The number of anilines is 1. The largest absolute Gasteiger partial charge is 0.325 e. The van der Waals surface area contributed by atoms with Crippen molar-refractivity contribution >= 4 is 46.6 Å². The van der Waals surface area contributed by atoms with Crippen molar-refractivity contribution < 1.29 is 4.79 Å². The predicted octanol–water partition coefficient (Wildman–Crippen LogP) is 6.28. The third-order valence-corrected chi connectivity index (χ3v) is 5.85. The van der Waals surface area contributed by atoms with Crippen LogP contribution in [0.1, 0.15) is 5.56 Å². The van der Waals surface area contributed by atoms with Gasteiger partial charge in [-0.15, -0.1) is 10.2 Å². The molecule has 0 fully saturated rings. The van der Waals surface area contributed by atoms with Crippen molar-refractivity contribution in [2.24, 2.45) is 0 Å². The van der Waals surface area contributed by atoms with Gasteiger partial charge in [-0.25, -0.2) is 0 Å². The first-order chi connectivity index (χ1) is 15.0. The zero-order valence-electron chi connectivity index (χ0n) is 16.5. The SMILES string of the molecule is Cc1cccc(-n2c(SCC(=O)Nc3cccc(Cl)c3)nnc2-c2ccc(Cl)cc2)c1. The normalized spacial score (nSPS) is 10.8. The minimum Gasteiger partial charge on any atom is -0.325 e. The highest BCUT2D eigenvalue weighted by molar-refractivity contribution is 7.99. The zero-order chi connectivity index (χ0) is 21.8. The Morgan fingerprint density at radius 3 is 2.48 bits per heavy atom. The Hall–Kier alpha value is -2.80. The quantitative estimate of drug-likeness (QED) is 0.338. The maximum Gasteiger partial charge on any atom is 0.234 e. The number of nitrogens with zero attached hydrogens (tertiary/aromatic N) is 3. The van der Waals surface area contributed by atoms with Gasteiger partial charge in [0.25, 0.3) is 0 Å². The van der Waals surface area contributed by atoms with Gasteiger partial charge >= 0.3 is 0 Å². The van der Waals surface area contributed by atoms with Crippen LogP contribution in [-0.4, -0.2) is 26.4 Å². The van der Waals surface area contributed by atoms with Gasteiger partial charge in [-0.05, 0) is 67.1 Å². The third-order valence-electron chi connectivity index (χ3n) is 4.44. The molecule has 0 unspecified atom stereocenters. The van der Waals surface area contributed by atoms with E-state index in [-0.39, 0.29) is 11.7 Å². The summed E-state index contributed by atoms with van der Waals surface area (Å²) in [5.74, 6) is 0.705. The second-order valence-electron chi connectivity index (χ2n) is 6.83. The summed E-state index contributed by atoms with van der Waals surface area (Å²) in [6, 6.07) is 22.5. The standard InChI is InChI=1S/C23H18Cl2N4OS/c1-15-4-2-7-20(12-15)29-22(16-8-10-17(24)11-9-16)27-28-23(29)31-14-21(30)26-19-6-3-5-18(25)13-19/h2-13H,14H2,1H3,(H,26,30). The maximum atomic E-state index is 12.5. The van der Waals surface area contributed by atoms with Crippen molar-refractivity contribution in [2.75, 3.05) is 11.1 Å². The molecule has 1 amide bonds. The molecule has 1 N–H and O–H groups in total. The lowest BCUT2D eigenvalue weighted by Gasteiger charge is -2.11. The van der Waals surface area contributed by atoms with E-state index >= 15 is 0 Å². The fourth-order valence-corrected chi connectivity index (χ4v) is 4.11. The van der Waals surface area contributed by atoms with Crippen molar-refractivity contribution in [3.63, 3.8) is 0 Å². The molecule has 0 spiro atoms. The van der Waals surface area contributed by atoms with Crippen molar-refractivity contribution in [3.05, 3.63) is 88.4 Å². The number of nitrogens with one attached hydrogen (secondary N) is 1. The van der Waals surface area contributed by atoms with Crippen LogP contribution in [0.3, 0.4) is 0 Å². The second-order valence-corrected chi connectivity index (χ2v) is 8.65. The molecular weight excluding hydrogens is 451 g/mol. The number of carbonyl (C=O) groups is 1. The molecule has 0 aliphatic carbocycles. The minimum absolute atomic E-state index is 0.154. The second kappa shape index (κ2) is 9.56. The van der Waals surface area contributed by atoms with Gasteiger partial charge in [-0.2, -0.15) is 0 Å². The number of halogens is 2. The number of hydrogen-bond acceptors (Lipinski definition) is 4. The van der Waals surface area contributed by atoms with Gasteiger partial charge < -0.3 is 5.32 Å². The van der Waals surface area contributed by atoms with Crippen LogP contribution in [0.4, 0.5) is 5.69 Å². The van der Waals surface area contributed by atoms with Gasteiger partial charge in [-0.1, -0.05) is 53.2 Å². The van der Waals surface area contributed by atoms with Gasteiger partial charge in [-0.3, -0.25) is 9.36 Å². The first-order valence-corrected chi connectivity index (χ1v) is 11.2. The molecule has 31 heavy (non-hydrogen) atoms. The Morgan fingerprint density at radius 1 is 0.968 bits per heavy atom. The van der Waals surface area contributed by atoms with Crippen molar-refractivity contribution in [2.45, 2.75) is 12.1 Å². The highest BCUT2D eigenvalue weighted by Crippen LogP contribution is 2.29. The number of aryl methyl sites for hydroxylation is 1. The molecule has 3 aromatic carbocycles. The molecular formula is C23H18Cl2N4OS. The first-order valence-electron chi connectivity index (χ1n) is 9.46. The molecule has 0 bridgehead atoms. The van der Waals surface area contributed by atoms with Gasteiger partial charge in [0.05, 0.1) is 5.75 Å². The van der Waals surface area contributed by atoms with Crippen LogP contribution in [-0.2, 0) is 4.79 Å². The van der Waals surface area contributed by atoms with Crippen LogP contribution < -0.4 is 5.32 Å². The molecule has 8 heteroatoms. The Kier molecular flexibility index (Phi) is 6.61. The molecule has 156 valence electrons. The average molecular weight is 469 g/mol. The van der Waals surface area contributed by atoms with E-state index in [2.05, 4.69) is 21.6 Å². The van der Waals surface area contributed by atoms with Crippen LogP contribution in [0.2, 0.25) is 10.0 Å². The lowest BCUT2D eigenvalue weighted by atomic mass is 10.2. The molecule has 1 heterocycles. The molecule has 0 atom stereocenters. The van der Waals surface area contributed by atoms with Gasteiger partial charge in [0, 0.05) is 27.0 Å². The van der Waals surface area contributed by atoms with Crippen LogP contribution in [0, 0.1) is 6.92 Å². The molecule has 0 saturated heterocycles. The van der Waals surface area contributed by atoms with Crippen molar-refractivity contribution in [1.82, 2.24) is 14.8 Å². The van der Waals surface area contributed by atoms with Crippen LogP contribution in [0.25, 0.3) is 17.1 Å². The summed E-state index contributed by atoms with van der Waals surface area (Å²) in [4.78, 5) is 12.5. The van der Waals surface area contributed by atoms with E-state index in [1.165, 1.54) is 11.8 Å². The van der Waals surface area contributed by atoms with E-state index in [0.29, 0.717) is 26.7 Å². The van der Waals surface area contributed by atoms with Gasteiger partial charge in [0.15, 0.2) is 11.0 Å². The Labute approximate surface area is 194 Å². The summed E-state index contributed by atoms with van der Waals surface area (Å²) in [5.41, 5.74) is 3.57. The fraction of sp³-hybridized carbons (Fsp3) is 0.0870. The summed E-state index contributed by atoms with van der Waals surface area (Å²) in [6.45, 7) is 2.03. The molecule has 1 aromatic heterocycles. The lowest BCUT2D eigenvalue weighted by molar-refractivity contribution is -0.113. The zero-order valence-corrected chi connectivity index (χ0v) is 18.9. The average Bonchev–Trinajstić information content (AvgIpc) is 3.17. The summed E-state index contributed by atoms with van der Waals surface area (Å²) < 4.78 is 1.95. The molecule has 0 aliphatic rings. The van der Waals surface area contributed by atoms with E-state index in [0.717, 1.165) is 16.8 Å². The maximum absolute atomic E-state index is 12.5. The molecule has 5 nitrogen and oxygen atoms in total. The topological polar surface area (TPSA) is 59.8 Å². The highest BCUT2D eigenvalue weighted by atomic mass is 35.5. The van der Waals surface area contributed by atoms with E-state index in [4.69, 9.17) is 23.2 Å². The molecule has 4 rings (SSSR count).